The standard InChI is InChI=1S/C24H41N3O5S2/c1-6-17-34(31,32)26(14-11-20(2)3)19-24(28)27(18-22-10-8-7-9-21(22)4)23-12-15-25(16-13-23)33(5,29)30/h7-10,20,23H,6,11-19H2,1-5H3. The fraction of sp³-hybridized carbons (Fsp3) is 0.708. The van der Waals surface area contributed by atoms with Gasteiger partial charge < -0.3 is 4.90 Å². The van der Waals surface area contributed by atoms with Crippen molar-refractivity contribution < 1.29 is 21.6 Å². The second-order valence-corrected chi connectivity index (χ2v) is 13.7. The molecule has 0 unspecified atom stereocenters. The summed E-state index contributed by atoms with van der Waals surface area (Å²) in [6.07, 6.45) is 3.43. The van der Waals surface area contributed by atoms with E-state index in [2.05, 4.69) is 0 Å². The van der Waals surface area contributed by atoms with Crippen LogP contribution in [0.2, 0.25) is 0 Å². The fourth-order valence-corrected chi connectivity index (χ4v) is 6.56. The molecule has 0 spiro atoms. The number of amides is 1. The molecule has 2 rings (SSSR count). The summed E-state index contributed by atoms with van der Waals surface area (Å²) in [6, 6.07) is 7.69. The van der Waals surface area contributed by atoms with Crippen molar-refractivity contribution in [2.75, 3.05) is 38.2 Å². The van der Waals surface area contributed by atoms with Crippen LogP contribution >= 0.6 is 0 Å². The minimum atomic E-state index is -3.54. The van der Waals surface area contributed by atoms with Crippen LogP contribution in [0.25, 0.3) is 0 Å². The topological polar surface area (TPSA) is 95.1 Å². The fourth-order valence-electron chi connectivity index (χ4n) is 4.22. The molecule has 1 aromatic carbocycles. The molecule has 0 N–H and O–H groups in total. The molecule has 1 aliphatic heterocycles. The highest BCUT2D eigenvalue weighted by Gasteiger charge is 2.33. The normalized spacial score (nSPS) is 16.3. The van der Waals surface area contributed by atoms with Crippen molar-refractivity contribution in [3.8, 4) is 0 Å². The van der Waals surface area contributed by atoms with E-state index in [1.807, 2.05) is 52.0 Å². The van der Waals surface area contributed by atoms with Gasteiger partial charge in [0.25, 0.3) is 0 Å². The molecule has 0 radical (unpaired) electrons. The summed E-state index contributed by atoms with van der Waals surface area (Å²) in [7, 11) is -6.82. The van der Waals surface area contributed by atoms with Crippen molar-refractivity contribution in [3.05, 3.63) is 35.4 Å². The van der Waals surface area contributed by atoms with E-state index in [1.165, 1.54) is 14.9 Å². The molecular weight excluding hydrogens is 474 g/mol. The van der Waals surface area contributed by atoms with E-state index in [1.54, 1.807) is 4.90 Å². The van der Waals surface area contributed by atoms with Crippen LogP contribution in [-0.2, 0) is 31.4 Å². The highest BCUT2D eigenvalue weighted by atomic mass is 32.2. The van der Waals surface area contributed by atoms with Gasteiger partial charge in [0.1, 0.15) is 0 Å². The third kappa shape index (κ3) is 8.32. The van der Waals surface area contributed by atoms with Gasteiger partial charge in [-0.1, -0.05) is 45.0 Å². The number of hydrogen-bond donors (Lipinski definition) is 0. The summed E-state index contributed by atoms with van der Waals surface area (Å²) in [4.78, 5) is 15.4. The number of carbonyl (C=O) groups excluding carboxylic acids is 1. The molecule has 194 valence electrons. The van der Waals surface area contributed by atoms with Crippen molar-refractivity contribution in [1.29, 1.82) is 0 Å². The molecular formula is C24H41N3O5S2. The van der Waals surface area contributed by atoms with Gasteiger partial charge in [0.05, 0.1) is 18.6 Å². The van der Waals surface area contributed by atoms with Crippen LogP contribution in [0.15, 0.2) is 24.3 Å². The number of hydrogen-bond acceptors (Lipinski definition) is 5. The summed E-state index contributed by atoms with van der Waals surface area (Å²) in [5.41, 5.74) is 2.07. The Morgan fingerprint density at radius 1 is 1.12 bits per heavy atom. The number of piperidine rings is 1. The van der Waals surface area contributed by atoms with Gasteiger partial charge in [-0.3, -0.25) is 4.79 Å². The molecule has 1 aliphatic rings. The minimum absolute atomic E-state index is 0.0168. The molecule has 1 fully saturated rings. The van der Waals surface area contributed by atoms with Gasteiger partial charge >= 0.3 is 0 Å². The Morgan fingerprint density at radius 3 is 2.26 bits per heavy atom. The predicted octanol–water partition coefficient (Wildman–Crippen LogP) is 2.84. The Morgan fingerprint density at radius 2 is 1.74 bits per heavy atom. The maximum absolute atomic E-state index is 13.6. The van der Waals surface area contributed by atoms with E-state index in [9.17, 15) is 21.6 Å². The average Bonchev–Trinajstić information content (AvgIpc) is 2.75. The van der Waals surface area contributed by atoms with Gasteiger partial charge in [-0.05, 0) is 49.7 Å². The Balaban J connectivity index is 2.29. The zero-order valence-corrected chi connectivity index (χ0v) is 22.9. The summed E-state index contributed by atoms with van der Waals surface area (Å²) < 4.78 is 52.5. The van der Waals surface area contributed by atoms with Gasteiger partial charge in [0.15, 0.2) is 0 Å². The molecule has 0 saturated carbocycles. The predicted molar refractivity (Wildman–Crippen MR) is 136 cm³/mol. The lowest BCUT2D eigenvalue weighted by Crippen LogP contribution is -2.51. The Kier molecular flexibility index (Phi) is 10.5. The second kappa shape index (κ2) is 12.5. The highest BCUT2D eigenvalue weighted by molar-refractivity contribution is 7.89. The van der Waals surface area contributed by atoms with Crippen LogP contribution in [0.1, 0.15) is 57.6 Å². The first-order chi connectivity index (χ1) is 15.8. The van der Waals surface area contributed by atoms with Gasteiger partial charge in [-0.25, -0.2) is 21.1 Å². The van der Waals surface area contributed by atoms with Crippen LogP contribution in [-0.4, -0.2) is 80.5 Å². The first-order valence-electron chi connectivity index (χ1n) is 12.1. The number of rotatable bonds is 12. The molecule has 0 atom stereocenters. The van der Waals surface area contributed by atoms with E-state index in [4.69, 9.17) is 0 Å². The van der Waals surface area contributed by atoms with Gasteiger partial charge in [0.2, 0.25) is 26.0 Å². The van der Waals surface area contributed by atoms with Crippen LogP contribution in [0, 0.1) is 12.8 Å². The van der Waals surface area contributed by atoms with Crippen LogP contribution in [0.5, 0.6) is 0 Å². The summed E-state index contributed by atoms with van der Waals surface area (Å²) in [6.45, 7) is 9.09. The smallest absolute Gasteiger partial charge is 0.238 e. The lowest BCUT2D eigenvalue weighted by molar-refractivity contribution is -0.135. The zero-order valence-electron chi connectivity index (χ0n) is 21.2. The maximum atomic E-state index is 13.6. The number of aryl methyl sites for hydroxylation is 1. The summed E-state index contributed by atoms with van der Waals surface area (Å²) >= 11 is 0. The second-order valence-electron chi connectivity index (χ2n) is 9.67. The Bertz CT molecular complexity index is 1020. The van der Waals surface area contributed by atoms with Gasteiger partial charge in [0, 0.05) is 32.2 Å². The minimum Gasteiger partial charge on any atom is -0.334 e. The molecule has 1 saturated heterocycles. The monoisotopic (exact) mass is 515 g/mol. The number of nitrogens with zero attached hydrogens (tertiary/aromatic N) is 3. The first-order valence-corrected chi connectivity index (χ1v) is 15.6. The molecule has 1 amide bonds. The largest absolute Gasteiger partial charge is 0.334 e. The number of benzene rings is 1. The SMILES string of the molecule is CCCS(=O)(=O)N(CCC(C)C)CC(=O)N(Cc1ccccc1C)C1CCN(S(C)(=O)=O)CC1. The number of sulfonamides is 2. The third-order valence-corrected chi connectivity index (χ3v) is 9.70. The Hall–Kier alpha value is -1.49. The highest BCUT2D eigenvalue weighted by Crippen LogP contribution is 2.23. The van der Waals surface area contributed by atoms with Gasteiger partial charge in [-0.2, -0.15) is 4.31 Å². The lowest BCUT2D eigenvalue weighted by atomic mass is 10.0. The number of carbonyl (C=O) groups is 1. The van der Waals surface area contributed by atoms with Crippen LogP contribution < -0.4 is 0 Å². The van der Waals surface area contributed by atoms with Crippen LogP contribution in [0.4, 0.5) is 0 Å². The van der Waals surface area contributed by atoms with E-state index in [-0.39, 0.29) is 24.2 Å². The van der Waals surface area contributed by atoms with Crippen molar-refractivity contribution in [1.82, 2.24) is 13.5 Å². The summed E-state index contributed by atoms with van der Waals surface area (Å²) in [5, 5.41) is 0. The van der Waals surface area contributed by atoms with E-state index in [0.29, 0.717) is 57.8 Å². The lowest BCUT2D eigenvalue weighted by Gasteiger charge is -2.39. The molecule has 0 bridgehead atoms. The van der Waals surface area contributed by atoms with Crippen molar-refractivity contribution in [2.24, 2.45) is 5.92 Å². The summed E-state index contributed by atoms with van der Waals surface area (Å²) in [5.74, 6) is 0.102. The van der Waals surface area contributed by atoms with Crippen molar-refractivity contribution in [2.45, 2.75) is 66.0 Å². The van der Waals surface area contributed by atoms with E-state index < -0.39 is 20.0 Å². The molecule has 10 heteroatoms. The zero-order chi connectivity index (χ0) is 25.5. The average molecular weight is 516 g/mol. The van der Waals surface area contributed by atoms with E-state index >= 15 is 0 Å². The molecule has 1 heterocycles. The van der Waals surface area contributed by atoms with E-state index in [0.717, 1.165) is 11.1 Å². The first kappa shape index (κ1) is 28.7. The third-order valence-electron chi connectivity index (χ3n) is 6.38. The van der Waals surface area contributed by atoms with Crippen molar-refractivity contribution >= 4 is 26.0 Å². The van der Waals surface area contributed by atoms with Crippen LogP contribution in [0.3, 0.4) is 0 Å². The molecule has 34 heavy (non-hydrogen) atoms. The van der Waals surface area contributed by atoms with Crippen molar-refractivity contribution in [3.63, 3.8) is 0 Å². The molecule has 8 nitrogen and oxygen atoms in total. The molecule has 1 aromatic rings. The maximum Gasteiger partial charge on any atom is 0.238 e. The quantitative estimate of drug-likeness (QED) is 0.427. The molecule has 0 aromatic heterocycles. The Labute approximate surface area is 206 Å². The molecule has 0 aliphatic carbocycles. The van der Waals surface area contributed by atoms with Gasteiger partial charge in [-0.15, -0.1) is 0 Å².